The maximum absolute atomic E-state index is 5.64. The average molecular weight is 296 g/mol. The first-order valence-electron chi connectivity index (χ1n) is 8.82. The van der Waals surface area contributed by atoms with Crippen molar-refractivity contribution < 1.29 is 9.47 Å². The van der Waals surface area contributed by atoms with Crippen molar-refractivity contribution in [1.82, 2.24) is 9.80 Å². The van der Waals surface area contributed by atoms with E-state index in [0.717, 1.165) is 39.5 Å². The lowest BCUT2D eigenvalue weighted by Crippen LogP contribution is -2.43. The number of nitrogens with zero attached hydrogens (tertiary/aromatic N) is 2. The molecule has 3 atom stereocenters. The summed E-state index contributed by atoms with van der Waals surface area (Å²) in [6.45, 7) is 13.4. The molecule has 122 valence electrons. The Kier molecular flexibility index (Phi) is 5.20. The fraction of sp³-hybridized carbons (Fsp3) is 1.00. The molecule has 0 N–H and O–H groups in total. The molecule has 3 heterocycles. The number of likely N-dealkylation sites (tertiary alicyclic amines) is 1. The first kappa shape index (κ1) is 15.7. The van der Waals surface area contributed by atoms with Crippen molar-refractivity contribution in [3.8, 4) is 0 Å². The highest BCUT2D eigenvalue weighted by atomic mass is 16.5. The van der Waals surface area contributed by atoms with Crippen LogP contribution in [0.25, 0.3) is 0 Å². The summed E-state index contributed by atoms with van der Waals surface area (Å²) in [6.07, 6.45) is 5.24. The predicted octanol–water partition coefficient (Wildman–Crippen LogP) is 1.99. The Labute approximate surface area is 129 Å². The number of rotatable bonds is 5. The van der Waals surface area contributed by atoms with Gasteiger partial charge in [0.1, 0.15) is 0 Å². The Bertz CT molecular complexity index is 325. The second kappa shape index (κ2) is 6.95. The Morgan fingerprint density at radius 3 is 2.24 bits per heavy atom. The number of ether oxygens (including phenoxy) is 2. The molecule has 0 aliphatic carbocycles. The number of morpholine rings is 1. The lowest BCUT2D eigenvalue weighted by atomic mass is 9.87. The van der Waals surface area contributed by atoms with E-state index < -0.39 is 0 Å². The Morgan fingerprint density at radius 1 is 0.857 bits per heavy atom. The standard InChI is InChI=1S/C17H32N2O2/c1-15(18-8-11-20-12-9-18)3-4-16(2)19-7-5-17(13-19)6-10-21-14-17/h15-16H,3-14H2,1-2H3. The highest BCUT2D eigenvalue weighted by Crippen LogP contribution is 2.39. The van der Waals surface area contributed by atoms with E-state index in [1.54, 1.807) is 0 Å². The molecule has 3 fully saturated rings. The van der Waals surface area contributed by atoms with Crippen LogP contribution < -0.4 is 0 Å². The van der Waals surface area contributed by atoms with Crippen molar-refractivity contribution in [2.75, 3.05) is 52.6 Å². The first-order chi connectivity index (χ1) is 10.2. The molecule has 0 bridgehead atoms. The zero-order chi connectivity index (χ0) is 14.7. The summed E-state index contributed by atoms with van der Waals surface area (Å²) < 4.78 is 11.1. The summed E-state index contributed by atoms with van der Waals surface area (Å²) in [5.74, 6) is 0. The molecule has 0 aromatic rings. The molecule has 0 saturated carbocycles. The van der Waals surface area contributed by atoms with E-state index >= 15 is 0 Å². The van der Waals surface area contributed by atoms with E-state index in [2.05, 4.69) is 23.6 Å². The normalized spacial score (nSPS) is 34.6. The SMILES string of the molecule is CC(CCC(C)N1CCC2(CCOC2)C1)N1CCOCC1. The molecule has 3 saturated heterocycles. The van der Waals surface area contributed by atoms with Gasteiger partial charge in [0.2, 0.25) is 0 Å². The molecule has 4 nitrogen and oxygen atoms in total. The smallest absolute Gasteiger partial charge is 0.0594 e. The highest BCUT2D eigenvalue weighted by molar-refractivity contribution is 4.94. The molecule has 0 amide bonds. The van der Waals surface area contributed by atoms with Gasteiger partial charge in [-0.3, -0.25) is 9.80 Å². The van der Waals surface area contributed by atoms with Gasteiger partial charge in [-0.05, 0) is 46.1 Å². The molecule has 21 heavy (non-hydrogen) atoms. The van der Waals surface area contributed by atoms with Crippen molar-refractivity contribution in [3.63, 3.8) is 0 Å². The maximum atomic E-state index is 5.64. The van der Waals surface area contributed by atoms with Crippen molar-refractivity contribution in [1.29, 1.82) is 0 Å². The van der Waals surface area contributed by atoms with Crippen LogP contribution in [0.2, 0.25) is 0 Å². The quantitative estimate of drug-likeness (QED) is 0.774. The predicted molar refractivity (Wildman–Crippen MR) is 84.6 cm³/mol. The minimum Gasteiger partial charge on any atom is -0.381 e. The third kappa shape index (κ3) is 3.79. The van der Waals surface area contributed by atoms with Gasteiger partial charge in [0, 0.05) is 43.7 Å². The van der Waals surface area contributed by atoms with E-state index in [1.165, 1.54) is 38.8 Å². The van der Waals surface area contributed by atoms with Crippen LogP contribution in [0.1, 0.15) is 39.5 Å². The van der Waals surface area contributed by atoms with Gasteiger partial charge in [-0.15, -0.1) is 0 Å². The second-order valence-corrected chi connectivity index (χ2v) is 7.45. The van der Waals surface area contributed by atoms with E-state index in [0.29, 0.717) is 17.5 Å². The minimum atomic E-state index is 0.504. The van der Waals surface area contributed by atoms with Gasteiger partial charge in [-0.2, -0.15) is 0 Å². The molecule has 0 aromatic carbocycles. The van der Waals surface area contributed by atoms with Crippen LogP contribution in [0.15, 0.2) is 0 Å². The summed E-state index contributed by atoms with van der Waals surface area (Å²) in [5, 5.41) is 0. The van der Waals surface area contributed by atoms with Crippen LogP contribution in [0.5, 0.6) is 0 Å². The van der Waals surface area contributed by atoms with E-state index in [9.17, 15) is 0 Å². The number of hydrogen-bond donors (Lipinski definition) is 0. The molecule has 3 unspecified atom stereocenters. The van der Waals surface area contributed by atoms with Gasteiger partial charge in [0.25, 0.3) is 0 Å². The van der Waals surface area contributed by atoms with Crippen LogP contribution in [0.4, 0.5) is 0 Å². The molecule has 3 aliphatic rings. The third-order valence-electron chi connectivity index (χ3n) is 5.95. The van der Waals surface area contributed by atoms with Gasteiger partial charge in [-0.1, -0.05) is 0 Å². The molecule has 1 spiro atoms. The Morgan fingerprint density at radius 2 is 1.57 bits per heavy atom. The summed E-state index contributed by atoms with van der Waals surface area (Å²) in [7, 11) is 0. The van der Waals surface area contributed by atoms with Crippen molar-refractivity contribution in [3.05, 3.63) is 0 Å². The maximum Gasteiger partial charge on any atom is 0.0594 e. The van der Waals surface area contributed by atoms with Gasteiger partial charge < -0.3 is 9.47 Å². The Hall–Kier alpha value is -0.160. The fourth-order valence-corrected chi connectivity index (χ4v) is 4.18. The van der Waals surface area contributed by atoms with Crippen molar-refractivity contribution in [2.24, 2.45) is 5.41 Å². The fourth-order valence-electron chi connectivity index (χ4n) is 4.18. The lowest BCUT2D eigenvalue weighted by molar-refractivity contribution is 0.0169. The summed E-state index contributed by atoms with van der Waals surface area (Å²) in [4.78, 5) is 5.30. The molecule has 4 heteroatoms. The minimum absolute atomic E-state index is 0.504. The highest BCUT2D eigenvalue weighted by Gasteiger charge is 2.42. The van der Waals surface area contributed by atoms with Gasteiger partial charge in [0.05, 0.1) is 19.8 Å². The van der Waals surface area contributed by atoms with Gasteiger partial charge >= 0.3 is 0 Å². The van der Waals surface area contributed by atoms with Crippen molar-refractivity contribution >= 4 is 0 Å². The summed E-state index contributed by atoms with van der Waals surface area (Å²) >= 11 is 0. The largest absolute Gasteiger partial charge is 0.381 e. The molecular weight excluding hydrogens is 264 g/mol. The number of hydrogen-bond acceptors (Lipinski definition) is 4. The van der Waals surface area contributed by atoms with Crippen LogP contribution >= 0.6 is 0 Å². The summed E-state index contributed by atoms with van der Waals surface area (Å²) in [5.41, 5.74) is 0.504. The zero-order valence-electron chi connectivity index (χ0n) is 13.9. The first-order valence-corrected chi connectivity index (χ1v) is 8.82. The third-order valence-corrected chi connectivity index (χ3v) is 5.95. The summed E-state index contributed by atoms with van der Waals surface area (Å²) in [6, 6.07) is 1.41. The van der Waals surface area contributed by atoms with E-state index in [1.807, 2.05) is 0 Å². The average Bonchev–Trinajstić information content (AvgIpc) is 3.16. The monoisotopic (exact) mass is 296 g/mol. The molecule has 0 aromatic heterocycles. The van der Waals surface area contributed by atoms with Crippen LogP contribution in [0, 0.1) is 5.41 Å². The van der Waals surface area contributed by atoms with E-state index in [4.69, 9.17) is 9.47 Å². The van der Waals surface area contributed by atoms with Gasteiger partial charge in [-0.25, -0.2) is 0 Å². The van der Waals surface area contributed by atoms with Crippen LogP contribution in [-0.4, -0.2) is 74.5 Å². The van der Waals surface area contributed by atoms with Crippen LogP contribution in [-0.2, 0) is 9.47 Å². The second-order valence-electron chi connectivity index (χ2n) is 7.45. The molecule has 3 aliphatic heterocycles. The molecular formula is C17H32N2O2. The van der Waals surface area contributed by atoms with Crippen molar-refractivity contribution in [2.45, 2.75) is 51.6 Å². The zero-order valence-corrected chi connectivity index (χ0v) is 13.9. The molecule has 3 rings (SSSR count). The lowest BCUT2D eigenvalue weighted by Gasteiger charge is -2.34. The Balaban J connectivity index is 1.40. The van der Waals surface area contributed by atoms with E-state index in [-0.39, 0.29) is 0 Å². The molecule has 0 radical (unpaired) electrons. The topological polar surface area (TPSA) is 24.9 Å². The van der Waals surface area contributed by atoms with Crippen LogP contribution in [0.3, 0.4) is 0 Å². The van der Waals surface area contributed by atoms with Gasteiger partial charge in [0.15, 0.2) is 0 Å².